The van der Waals surface area contributed by atoms with Crippen LogP contribution in [0.1, 0.15) is 30.0 Å². The Kier molecular flexibility index (Phi) is 5.28. The monoisotopic (exact) mass is 241 g/mol. The fourth-order valence-corrected chi connectivity index (χ4v) is 2.37. The summed E-state index contributed by atoms with van der Waals surface area (Å²) in [4.78, 5) is 2.66. The second-order valence-electron chi connectivity index (χ2n) is 3.59. The van der Waals surface area contributed by atoms with Crippen molar-refractivity contribution in [3.63, 3.8) is 0 Å². The Morgan fingerprint density at radius 3 is 2.69 bits per heavy atom. The van der Waals surface area contributed by atoms with E-state index in [9.17, 15) is 0 Å². The summed E-state index contributed by atoms with van der Waals surface area (Å²) in [5, 5.41) is 14.9. The second-order valence-corrected chi connectivity index (χ2v) is 4.84. The van der Waals surface area contributed by atoms with E-state index >= 15 is 0 Å². The minimum atomic E-state index is -0.0582. The molecule has 0 aliphatic rings. The summed E-state index contributed by atoms with van der Waals surface area (Å²) in [7, 11) is 0. The van der Waals surface area contributed by atoms with Gasteiger partial charge >= 0.3 is 0 Å². The molecule has 4 N–H and O–H groups in total. The molecule has 0 radical (unpaired) electrons. The first kappa shape index (κ1) is 13.0. The van der Waals surface area contributed by atoms with Gasteiger partial charge in [-0.25, -0.2) is 0 Å². The lowest BCUT2D eigenvalue weighted by atomic mass is 10.2. The number of oxime groups is 1. The predicted octanol–water partition coefficient (Wildman–Crippen LogP) is 1.93. The van der Waals surface area contributed by atoms with E-state index in [0.29, 0.717) is 0 Å². The molecule has 0 saturated heterocycles. The van der Waals surface area contributed by atoms with Gasteiger partial charge in [-0.2, -0.15) is 0 Å². The zero-order valence-electron chi connectivity index (χ0n) is 9.73. The fraction of sp³-hybridized carbons (Fsp3) is 0.545. The molecule has 16 heavy (non-hydrogen) atoms. The third kappa shape index (κ3) is 3.50. The minimum Gasteiger partial charge on any atom is -0.409 e. The number of nitrogens with zero attached hydrogens (tertiary/aromatic N) is 1. The van der Waals surface area contributed by atoms with Crippen LogP contribution in [0.25, 0.3) is 0 Å². The average molecular weight is 241 g/mol. The van der Waals surface area contributed by atoms with E-state index < -0.39 is 0 Å². The van der Waals surface area contributed by atoms with Crippen molar-refractivity contribution in [1.29, 1.82) is 0 Å². The van der Waals surface area contributed by atoms with Crippen molar-refractivity contribution in [1.82, 2.24) is 5.32 Å². The van der Waals surface area contributed by atoms with Crippen molar-refractivity contribution in [3.8, 4) is 0 Å². The Bertz CT molecular complexity index is 349. The summed E-state index contributed by atoms with van der Waals surface area (Å²) in [6.07, 6.45) is 1.88. The molecule has 4 nitrogen and oxygen atoms in total. The maximum atomic E-state index is 8.60. The zero-order chi connectivity index (χ0) is 12.0. The molecule has 0 fully saturated rings. The molecule has 5 heteroatoms. The molecule has 0 spiro atoms. The molecule has 1 atom stereocenters. The van der Waals surface area contributed by atoms with Gasteiger partial charge in [-0.15, -0.1) is 11.3 Å². The van der Waals surface area contributed by atoms with Gasteiger partial charge in [0.05, 0.1) is 6.04 Å². The zero-order valence-corrected chi connectivity index (χ0v) is 10.5. The van der Waals surface area contributed by atoms with Gasteiger partial charge < -0.3 is 16.3 Å². The predicted molar refractivity (Wildman–Crippen MR) is 68.0 cm³/mol. The highest BCUT2D eigenvalue weighted by Crippen LogP contribution is 2.16. The smallest absolute Gasteiger partial charge is 0.156 e. The highest BCUT2D eigenvalue weighted by molar-refractivity contribution is 7.11. The summed E-state index contributed by atoms with van der Waals surface area (Å²) in [6.45, 7) is 4.91. The number of nitrogens with two attached hydrogens (primary N) is 1. The van der Waals surface area contributed by atoms with Crippen LogP contribution in [0.3, 0.4) is 0 Å². The maximum Gasteiger partial charge on any atom is 0.156 e. The van der Waals surface area contributed by atoms with E-state index in [2.05, 4.69) is 29.5 Å². The van der Waals surface area contributed by atoms with Crippen LogP contribution in [-0.2, 0) is 13.0 Å². The normalized spacial score (nSPS) is 14.0. The summed E-state index contributed by atoms with van der Waals surface area (Å²) < 4.78 is 0. The van der Waals surface area contributed by atoms with Crippen LogP contribution in [0, 0.1) is 0 Å². The molecule has 0 aliphatic carbocycles. The molecule has 1 unspecified atom stereocenters. The number of rotatable bonds is 6. The van der Waals surface area contributed by atoms with Gasteiger partial charge in [0.2, 0.25) is 0 Å². The summed E-state index contributed by atoms with van der Waals surface area (Å²) in [5.41, 5.74) is 5.56. The summed E-state index contributed by atoms with van der Waals surface area (Å²) in [5.74, 6) is 0.245. The van der Waals surface area contributed by atoms with E-state index in [1.165, 1.54) is 9.75 Å². The SMILES string of the molecule is CCc1ccc(CNC(CC)/C(N)=N/O)s1. The van der Waals surface area contributed by atoms with Crippen molar-refractivity contribution < 1.29 is 5.21 Å². The highest BCUT2D eigenvalue weighted by Gasteiger charge is 2.10. The van der Waals surface area contributed by atoms with E-state index in [4.69, 9.17) is 10.9 Å². The van der Waals surface area contributed by atoms with Crippen LogP contribution in [0.4, 0.5) is 0 Å². The first-order valence-corrected chi connectivity index (χ1v) is 6.31. The van der Waals surface area contributed by atoms with Gasteiger partial charge in [0, 0.05) is 16.3 Å². The molecule has 0 bridgehead atoms. The van der Waals surface area contributed by atoms with Crippen LogP contribution < -0.4 is 11.1 Å². The number of amidine groups is 1. The molecule has 1 aromatic heterocycles. The second kappa shape index (κ2) is 6.50. The Morgan fingerprint density at radius 1 is 1.50 bits per heavy atom. The number of hydrogen-bond donors (Lipinski definition) is 3. The van der Waals surface area contributed by atoms with Crippen molar-refractivity contribution in [2.75, 3.05) is 0 Å². The van der Waals surface area contributed by atoms with E-state index in [1.54, 1.807) is 11.3 Å². The molecule has 1 heterocycles. The first-order chi connectivity index (χ1) is 7.71. The van der Waals surface area contributed by atoms with Crippen LogP contribution >= 0.6 is 11.3 Å². The Morgan fingerprint density at radius 2 is 2.19 bits per heavy atom. The van der Waals surface area contributed by atoms with E-state index in [-0.39, 0.29) is 11.9 Å². The lowest BCUT2D eigenvalue weighted by molar-refractivity contribution is 0.314. The molecule has 90 valence electrons. The van der Waals surface area contributed by atoms with Gasteiger partial charge in [0.1, 0.15) is 0 Å². The lowest BCUT2D eigenvalue weighted by Gasteiger charge is -2.14. The minimum absolute atomic E-state index is 0.0582. The van der Waals surface area contributed by atoms with Gasteiger partial charge in [0.25, 0.3) is 0 Å². The summed E-state index contributed by atoms with van der Waals surface area (Å²) >= 11 is 1.80. The van der Waals surface area contributed by atoms with Crippen LogP contribution in [0.5, 0.6) is 0 Å². The quantitative estimate of drug-likeness (QED) is 0.308. The third-order valence-electron chi connectivity index (χ3n) is 2.47. The number of hydrogen-bond acceptors (Lipinski definition) is 4. The van der Waals surface area contributed by atoms with Crippen molar-refractivity contribution in [3.05, 3.63) is 21.9 Å². The molecule has 0 aromatic carbocycles. The maximum absolute atomic E-state index is 8.60. The number of aryl methyl sites for hydroxylation is 1. The van der Waals surface area contributed by atoms with Crippen LogP contribution in [-0.4, -0.2) is 17.1 Å². The van der Waals surface area contributed by atoms with Crippen molar-refractivity contribution in [2.24, 2.45) is 10.9 Å². The molecular weight excluding hydrogens is 222 g/mol. The number of nitrogens with one attached hydrogen (secondary N) is 1. The topological polar surface area (TPSA) is 70.6 Å². The van der Waals surface area contributed by atoms with E-state index in [0.717, 1.165) is 19.4 Å². The van der Waals surface area contributed by atoms with Crippen molar-refractivity contribution >= 4 is 17.2 Å². The van der Waals surface area contributed by atoms with Crippen LogP contribution in [0.15, 0.2) is 17.3 Å². The average Bonchev–Trinajstić information content (AvgIpc) is 2.77. The molecule has 1 aromatic rings. The number of thiophene rings is 1. The largest absolute Gasteiger partial charge is 0.409 e. The lowest BCUT2D eigenvalue weighted by Crippen LogP contribution is -2.40. The van der Waals surface area contributed by atoms with Gasteiger partial charge in [0.15, 0.2) is 5.84 Å². The molecule has 0 amide bonds. The molecule has 1 rings (SSSR count). The first-order valence-electron chi connectivity index (χ1n) is 5.49. The molecular formula is C11H19N3OS. The Labute approximate surface area is 100 Å². The standard InChI is InChI=1S/C11H19N3OS/c1-3-8-5-6-9(16-8)7-13-10(4-2)11(12)14-15/h5-6,10,13,15H,3-4,7H2,1-2H3,(H2,12,14). The Hall–Kier alpha value is -1.07. The Balaban J connectivity index is 2.49. The van der Waals surface area contributed by atoms with Crippen LogP contribution in [0.2, 0.25) is 0 Å². The highest BCUT2D eigenvalue weighted by atomic mass is 32.1. The van der Waals surface area contributed by atoms with E-state index in [1.807, 2.05) is 6.92 Å². The molecule has 0 saturated carbocycles. The van der Waals surface area contributed by atoms with Gasteiger partial charge in [-0.3, -0.25) is 0 Å². The summed E-state index contributed by atoms with van der Waals surface area (Å²) in [6, 6.07) is 4.21. The molecule has 0 aliphatic heterocycles. The third-order valence-corrected chi connectivity index (χ3v) is 3.70. The van der Waals surface area contributed by atoms with Gasteiger partial charge in [-0.05, 0) is 25.0 Å². The van der Waals surface area contributed by atoms with Gasteiger partial charge in [-0.1, -0.05) is 19.0 Å². The fourth-order valence-electron chi connectivity index (χ4n) is 1.46. The van der Waals surface area contributed by atoms with Crippen molar-refractivity contribution in [2.45, 2.75) is 39.3 Å².